The molecule has 0 aliphatic carbocycles. The van der Waals surface area contributed by atoms with Gasteiger partial charge in [-0.2, -0.15) is 0 Å². The molecule has 1 amide bonds. The van der Waals surface area contributed by atoms with Crippen LogP contribution in [0, 0.1) is 0 Å². The molecule has 0 bridgehead atoms. The summed E-state index contributed by atoms with van der Waals surface area (Å²) in [5.41, 5.74) is 0. The number of hydrogen-bond donors (Lipinski definition) is 3. The highest BCUT2D eigenvalue weighted by molar-refractivity contribution is 5.76. The number of unbranched alkanes of at least 4 members (excludes halogenated alkanes) is 15. The van der Waals surface area contributed by atoms with Crippen molar-refractivity contribution in [3.63, 3.8) is 0 Å². The monoisotopic (exact) mass is 586 g/mol. The Morgan fingerprint density at radius 2 is 1.05 bits per heavy atom. The molecule has 4 heteroatoms. The van der Waals surface area contributed by atoms with E-state index in [2.05, 4.69) is 67.8 Å². The molecule has 0 aromatic heterocycles. The maximum atomic E-state index is 12.3. The lowest BCUT2D eigenvalue weighted by molar-refractivity contribution is -0.123. The summed E-state index contributed by atoms with van der Waals surface area (Å²) in [6.45, 7) is 4.15. The molecule has 0 rings (SSSR count). The van der Waals surface area contributed by atoms with E-state index in [1.807, 2.05) is 6.08 Å². The standard InChI is InChI=1S/C38H67NO3/c1-3-5-7-9-11-13-15-17-19-21-23-25-27-29-31-33-37(41)36(35-40)39-38(42)34-32-30-28-26-24-22-20-18-16-14-12-10-8-6-4-2/h6,8,12,14,18,20,24,26,31,33,36-37,40-41H,3-5,7,9-11,13,15-17,19,21-23,25,27-30,32,34-35H2,1-2H3,(H,39,42)/b8-6-,14-12-,20-18-,26-24-,33-31+. The minimum absolute atomic E-state index is 0.108. The molecule has 0 aliphatic heterocycles. The summed E-state index contributed by atoms with van der Waals surface area (Å²) in [4.78, 5) is 12.3. The molecule has 0 saturated carbocycles. The Labute approximate surface area is 260 Å². The fraction of sp³-hybridized carbons (Fsp3) is 0.711. The molecule has 0 radical (unpaired) electrons. The molecule has 3 N–H and O–H groups in total. The van der Waals surface area contributed by atoms with Crippen molar-refractivity contribution in [3.05, 3.63) is 60.8 Å². The van der Waals surface area contributed by atoms with Crippen LogP contribution in [0.25, 0.3) is 0 Å². The minimum Gasteiger partial charge on any atom is -0.394 e. The van der Waals surface area contributed by atoms with Crippen molar-refractivity contribution in [2.75, 3.05) is 6.61 Å². The molecule has 0 fully saturated rings. The lowest BCUT2D eigenvalue weighted by Crippen LogP contribution is -2.45. The summed E-state index contributed by atoms with van der Waals surface area (Å²) in [7, 11) is 0. The Morgan fingerprint density at radius 3 is 1.57 bits per heavy atom. The van der Waals surface area contributed by atoms with Crippen LogP contribution in [0.5, 0.6) is 0 Å². The molecule has 0 heterocycles. The van der Waals surface area contributed by atoms with Gasteiger partial charge in [-0.1, -0.05) is 152 Å². The summed E-state index contributed by atoms with van der Waals surface area (Å²) in [6.07, 6.45) is 45.8. The Morgan fingerprint density at radius 1 is 0.595 bits per heavy atom. The summed E-state index contributed by atoms with van der Waals surface area (Å²) in [5.74, 6) is -0.108. The highest BCUT2D eigenvalue weighted by Crippen LogP contribution is 2.13. The van der Waals surface area contributed by atoms with Crippen LogP contribution in [-0.4, -0.2) is 34.9 Å². The van der Waals surface area contributed by atoms with Crippen molar-refractivity contribution in [1.82, 2.24) is 5.32 Å². The third-order valence-electron chi connectivity index (χ3n) is 7.51. The van der Waals surface area contributed by atoms with E-state index >= 15 is 0 Å². The Hall–Kier alpha value is -1.91. The number of aliphatic hydroxyl groups excluding tert-OH is 2. The van der Waals surface area contributed by atoms with Gasteiger partial charge in [0, 0.05) is 6.42 Å². The van der Waals surface area contributed by atoms with Gasteiger partial charge >= 0.3 is 0 Å². The van der Waals surface area contributed by atoms with Crippen LogP contribution in [0.1, 0.15) is 155 Å². The van der Waals surface area contributed by atoms with E-state index in [-0.39, 0.29) is 12.5 Å². The number of hydrogen-bond acceptors (Lipinski definition) is 3. The second-order valence-electron chi connectivity index (χ2n) is 11.6. The van der Waals surface area contributed by atoms with Crippen molar-refractivity contribution in [3.8, 4) is 0 Å². The van der Waals surface area contributed by atoms with E-state index < -0.39 is 12.1 Å². The second kappa shape index (κ2) is 33.6. The topological polar surface area (TPSA) is 69.6 Å². The molecule has 2 atom stereocenters. The summed E-state index contributed by atoms with van der Waals surface area (Å²) in [5, 5.41) is 22.8. The van der Waals surface area contributed by atoms with Crippen LogP contribution >= 0.6 is 0 Å². The van der Waals surface area contributed by atoms with Crippen molar-refractivity contribution in [2.24, 2.45) is 0 Å². The van der Waals surface area contributed by atoms with E-state index in [9.17, 15) is 15.0 Å². The van der Waals surface area contributed by atoms with Gasteiger partial charge in [0.2, 0.25) is 5.91 Å². The van der Waals surface area contributed by atoms with Gasteiger partial charge in [-0.3, -0.25) is 4.79 Å². The third-order valence-corrected chi connectivity index (χ3v) is 7.51. The summed E-state index contributed by atoms with van der Waals surface area (Å²) >= 11 is 0. The number of aliphatic hydroxyl groups is 2. The van der Waals surface area contributed by atoms with Crippen molar-refractivity contribution >= 4 is 5.91 Å². The molecule has 0 aromatic carbocycles. The van der Waals surface area contributed by atoms with Crippen LogP contribution in [-0.2, 0) is 4.79 Å². The number of carbonyl (C=O) groups is 1. The lowest BCUT2D eigenvalue weighted by atomic mass is 10.0. The molecule has 42 heavy (non-hydrogen) atoms. The predicted molar refractivity (Wildman–Crippen MR) is 184 cm³/mol. The first kappa shape index (κ1) is 40.1. The lowest BCUT2D eigenvalue weighted by Gasteiger charge is -2.19. The molecule has 0 spiro atoms. The third kappa shape index (κ3) is 29.6. The fourth-order valence-electron chi connectivity index (χ4n) is 4.81. The number of nitrogens with one attached hydrogen (secondary N) is 1. The van der Waals surface area contributed by atoms with Gasteiger partial charge in [0.25, 0.3) is 0 Å². The zero-order chi connectivity index (χ0) is 30.8. The van der Waals surface area contributed by atoms with Gasteiger partial charge in [0.05, 0.1) is 18.8 Å². The molecule has 4 nitrogen and oxygen atoms in total. The Balaban J connectivity index is 3.75. The van der Waals surface area contributed by atoms with Crippen molar-refractivity contribution in [2.45, 2.75) is 167 Å². The molecule has 2 unspecified atom stereocenters. The van der Waals surface area contributed by atoms with E-state index in [4.69, 9.17) is 0 Å². The van der Waals surface area contributed by atoms with Crippen LogP contribution in [0.4, 0.5) is 0 Å². The second-order valence-corrected chi connectivity index (χ2v) is 11.6. The molecule has 0 saturated heterocycles. The van der Waals surface area contributed by atoms with Crippen molar-refractivity contribution in [1.29, 1.82) is 0 Å². The average molecular weight is 586 g/mol. The zero-order valence-electron chi connectivity index (χ0n) is 27.5. The quantitative estimate of drug-likeness (QED) is 0.0580. The first-order valence-electron chi connectivity index (χ1n) is 17.5. The van der Waals surface area contributed by atoms with Gasteiger partial charge in [-0.15, -0.1) is 0 Å². The normalized spacial score (nSPS) is 13.9. The number of rotatable bonds is 30. The minimum atomic E-state index is -0.856. The molecular weight excluding hydrogens is 518 g/mol. The number of carbonyl (C=O) groups excluding carboxylic acids is 1. The summed E-state index contributed by atoms with van der Waals surface area (Å²) < 4.78 is 0. The van der Waals surface area contributed by atoms with Gasteiger partial charge in [-0.05, 0) is 57.8 Å². The largest absolute Gasteiger partial charge is 0.394 e. The first-order valence-corrected chi connectivity index (χ1v) is 17.5. The highest BCUT2D eigenvalue weighted by Gasteiger charge is 2.17. The van der Waals surface area contributed by atoms with E-state index in [0.29, 0.717) is 6.42 Å². The molecule has 0 aromatic rings. The van der Waals surface area contributed by atoms with Gasteiger partial charge in [-0.25, -0.2) is 0 Å². The summed E-state index contributed by atoms with van der Waals surface area (Å²) in [6, 6.07) is -0.644. The van der Waals surface area contributed by atoms with Crippen molar-refractivity contribution < 1.29 is 15.0 Å². The molecule has 0 aliphatic rings. The van der Waals surface area contributed by atoms with E-state index in [0.717, 1.165) is 57.8 Å². The number of allylic oxidation sites excluding steroid dienone is 9. The Bertz CT molecular complexity index is 722. The van der Waals surface area contributed by atoms with Gasteiger partial charge in [0.15, 0.2) is 0 Å². The smallest absolute Gasteiger partial charge is 0.220 e. The van der Waals surface area contributed by atoms with Crippen LogP contribution in [0.2, 0.25) is 0 Å². The zero-order valence-corrected chi connectivity index (χ0v) is 27.5. The van der Waals surface area contributed by atoms with Crippen LogP contribution < -0.4 is 5.32 Å². The van der Waals surface area contributed by atoms with Crippen LogP contribution in [0.3, 0.4) is 0 Å². The number of amides is 1. The highest BCUT2D eigenvalue weighted by atomic mass is 16.3. The maximum Gasteiger partial charge on any atom is 0.220 e. The maximum absolute atomic E-state index is 12.3. The molecular formula is C38H67NO3. The average Bonchev–Trinajstić information content (AvgIpc) is 2.99. The van der Waals surface area contributed by atoms with Gasteiger partial charge < -0.3 is 15.5 Å². The fourth-order valence-corrected chi connectivity index (χ4v) is 4.81. The van der Waals surface area contributed by atoms with Crippen LogP contribution in [0.15, 0.2) is 60.8 Å². The molecule has 242 valence electrons. The van der Waals surface area contributed by atoms with E-state index in [1.165, 1.54) is 77.0 Å². The first-order chi connectivity index (χ1) is 20.7. The van der Waals surface area contributed by atoms with E-state index in [1.54, 1.807) is 6.08 Å². The Kier molecular flexibility index (Phi) is 32.1. The predicted octanol–water partition coefficient (Wildman–Crippen LogP) is 10.2. The van der Waals surface area contributed by atoms with Gasteiger partial charge in [0.1, 0.15) is 0 Å². The SMILES string of the molecule is CC/C=C\C/C=C\C/C=C\C/C=C\CCCCC(=O)NC(CO)C(O)/C=C/CCCCCCCCCCCCCCC.